The van der Waals surface area contributed by atoms with Crippen LogP contribution >= 0.6 is 0 Å². The van der Waals surface area contributed by atoms with Crippen LogP contribution < -0.4 is 5.32 Å². The molecule has 1 N–H and O–H groups in total. The van der Waals surface area contributed by atoms with Crippen molar-refractivity contribution in [3.63, 3.8) is 0 Å². The lowest BCUT2D eigenvalue weighted by Gasteiger charge is -2.38. The molecule has 3 heteroatoms. The molecule has 0 aromatic carbocycles. The summed E-state index contributed by atoms with van der Waals surface area (Å²) >= 11 is 0. The Balaban J connectivity index is 2.32. The van der Waals surface area contributed by atoms with E-state index in [2.05, 4.69) is 44.8 Å². The molecule has 1 fully saturated rings. The SMILES string of the molecule is COC1CCN(CC(C)(C)CNC(C)(C)C)CC1. The van der Waals surface area contributed by atoms with Gasteiger partial charge in [0.2, 0.25) is 0 Å². The summed E-state index contributed by atoms with van der Waals surface area (Å²) in [6, 6.07) is 0. The van der Waals surface area contributed by atoms with Gasteiger partial charge in [-0.25, -0.2) is 0 Å². The maximum Gasteiger partial charge on any atom is 0.0595 e. The number of piperidine rings is 1. The Kier molecular flexibility index (Phi) is 5.63. The fourth-order valence-electron chi connectivity index (χ4n) is 2.47. The van der Waals surface area contributed by atoms with Gasteiger partial charge < -0.3 is 15.0 Å². The molecule has 1 rings (SSSR count). The molecular weight excluding hydrogens is 224 g/mol. The predicted octanol–water partition coefficient (Wildman–Crippen LogP) is 2.51. The average Bonchev–Trinajstić information content (AvgIpc) is 2.26. The normalized spacial score (nSPS) is 20.3. The van der Waals surface area contributed by atoms with Crippen molar-refractivity contribution in [2.75, 3.05) is 33.3 Å². The quantitative estimate of drug-likeness (QED) is 0.818. The van der Waals surface area contributed by atoms with E-state index in [-0.39, 0.29) is 5.54 Å². The van der Waals surface area contributed by atoms with E-state index < -0.39 is 0 Å². The molecule has 0 bridgehead atoms. The van der Waals surface area contributed by atoms with E-state index in [0.717, 1.165) is 6.54 Å². The molecule has 1 saturated heterocycles. The van der Waals surface area contributed by atoms with Crippen LogP contribution in [0.1, 0.15) is 47.5 Å². The lowest BCUT2D eigenvalue weighted by molar-refractivity contribution is 0.0294. The third kappa shape index (κ3) is 6.17. The maximum atomic E-state index is 5.42. The first-order valence-electron chi connectivity index (χ1n) is 7.22. The second-order valence-corrected chi connectivity index (χ2v) is 7.48. The van der Waals surface area contributed by atoms with Crippen LogP contribution in [0.2, 0.25) is 0 Å². The van der Waals surface area contributed by atoms with Gasteiger partial charge in [-0.05, 0) is 39.0 Å². The summed E-state index contributed by atoms with van der Waals surface area (Å²) in [5.41, 5.74) is 0.535. The number of likely N-dealkylation sites (tertiary alicyclic amines) is 1. The van der Waals surface area contributed by atoms with E-state index >= 15 is 0 Å². The molecule has 1 aliphatic rings. The highest BCUT2D eigenvalue weighted by molar-refractivity contribution is 4.83. The van der Waals surface area contributed by atoms with Gasteiger partial charge in [-0.1, -0.05) is 13.8 Å². The van der Waals surface area contributed by atoms with Crippen LogP contribution in [0.15, 0.2) is 0 Å². The molecule has 0 radical (unpaired) electrons. The van der Waals surface area contributed by atoms with E-state index in [0.29, 0.717) is 11.5 Å². The van der Waals surface area contributed by atoms with Crippen LogP contribution in [-0.2, 0) is 4.74 Å². The Labute approximate surface area is 113 Å². The number of hydrogen-bond acceptors (Lipinski definition) is 3. The van der Waals surface area contributed by atoms with Gasteiger partial charge in [-0.2, -0.15) is 0 Å². The first kappa shape index (κ1) is 15.9. The number of nitrogens with zero attached hydrogens (tertiary/aromatic N) is 1. The third-order valence-electron chi connectivity index (χ3n) is 3.62. The summed E-state index contributed by atoms with van der Waals surface area (Å²) < 4.78 is 5.42. The number of ether oxygens (including phenoxy) is 1. The van der Waals surface area contributed by atoms with Gasteiger partial charge >= 0.3 is 0 Å². The van der Waals surface area contributed by atoms with Gasteiger partial charge in [-0.3, -0.25) is 0 Å². The van der Waals surface area contributed by atoms with Crippen molar-refractivity contribution in [1.82, 2.24) is 10.2 Å². The first-order chi connectivity index (χ1) is 8.22. The molecule has 0 saturated carbocycles. The van der Waals surface area contributed by atoms with Crippen LogP contribution in [0.3, 0.4) is 0 Å². The fourth-order valence-corrected chi connectivity index (χ4v) is 2.47. The van der Waals surface area contributed by atoms with E-state index in [9.17, 15) is 0 Å². The molecule has 0 aromatic rings. The topological polar surface area (TPSA) is 24.5 Å². The van der Waals surface area contributed by atoms with Crippen molar-refractivity contribution in [2.45, 2.75) is 59.1 Å². The van der Waals surface area contributed by atoms with Crippen molar-refractivity contribution in [3.8, 4) is 0 Å². The van der Waals surface area contributed by atoms with E-state index in [1.165, 1.54) is 32.5 Å². The molecule has 108 valence electrons. The zero-order chi connectivity index (χ0) is 13.8. The minimum atomic E-state index is 0.209. The predicted molar refractivity (Wildman–Crippen MR) is 78.0 cm³/mol. The highest BCUT2D eigenvalue weighted by Crippen LogP contribution is 2.21. The minimum Gasteiger partial charge on any atom is -0.381 e. The average molecular weight is 256 g/mol. The smallest absolute Gasteiger partial charge is 0.0595 e. The highest BCUT2D eigenvalue weighted by Gasteiger charge is 2.26. The zero-order valence-corrected chi connectivity index (χ0v) is 13.2. The van der Waals surface area contributed by atoms with Crippen molar-refractivity contribution in [1.29, 1.82) is 0 Å². The Hall–Kier alpha value is -0.120. The van der Waals surface area contributed by atoms with Crippen molar-refractivity contribution < 1.29 is 4.74 Å². The monoisotopic (exact) mass is 256 g/mol. The van der Waals surface area contributed by atoms with Crippen molar-refractivity contribution in [3.05, 3.63) is 0 Å². The summed E-state index contributed by atoms with van der Waals surface area (Å²) in [6.07, 6.45) is 2.84. The van der Waals surface area contributed by atoms with Crippen LogP contribution in [0.4, 0.5) is 0 Å². The number of hydrogen-bond donors (Lipinski definition) is 1. The summed E-state index contributed by atoms with van der Waals surface area (Å²) in [7, 11) is 1.83. The molecule has 0 amide bonds. The maximum absolute atomic E-state index is 5.42. The van der Waals surface area contributed by atoms with Crippen molar-refractivity contribution >= 4 is 0 Å². The lowest BCUT2D eigenvalue weighted by Crippen LogP contribution is -2.48. The van der Waals surface area contributed by atoms with Crippen LogP contribution in [0.5, 0.6) is 0 Å². The minimum absolute atomic E-state index is 0.209. The summed E-state index contributed by atoms with van der Waals surface area (Å²) in [4.78, 5) is 2.58. The Morgan fingerprint density at radius 1 is 1.11 bits per heavy atom. The molecule has 0 aliphatic carbocycles. The molecular formula is C15H32N2O. The van der Waals surface area contributed by atoms with Gasteiger partial charge in [0.05, 0.1) is 6.10 Å². The Bertz CT molecular complexity index is 237. The summed E-state index contributed by atoms with van der Waals surface area (Å²) in [6.45, 7) is 16.0. The lowest BCUT2D eigenvalue weighted by atomic mass is 9.90. The van der Waals surface area contributed by atoms with Crippen LogP contribution in [0, 0.1) is 5.41 Å². The van der Waals surface area contributed by atoms with E-state index in [4.69, 9.17) is 4.74 Å². The Morgan fingerprint density at radius 3 is 2.11 bits per heavy atom. The Morgan fingerprint density at radius 2 is 1.67 bits per heavy atom. The fraction of sp³-hybridized carbons (Fsp3) is 1.00. The molecule has 0 unspecified atom stereocenters. The van der Waals surface area contributed by atoms with Gasteiger partial charge in [0.15, 0.2) is 0 Å². The van der Waals surface area contributed by atoms with Gasteiger partial charge in [0.1, 0.15) is 0 Å². The molecule has 1 heterocycles. The standard InChI is InChI=1S/C15H32N2O/c1-14(2,3)16-11-15(4,5)12-17-9-7-13(18-6)8-10-17/h13,16H,7-12H2,1-6H3. The molecule has 0 aromatic heterocycles. The number of nitrogens with one attached hydrogen (secondary N) is 1. The summed E-state index contributed by atoms with van der Waals surface area (Å²) in [5, 5.41) is 3.62. The third-order valence-corrected chi connectivity index (χ3v) is 3.62. The second-order valence-electron chi connectivity index (χ2n) is 7.48. The van der Waals surface area contributed by atoms with E-state index in [1.807, 2.05) is 7.11 Å². The molecule has 0 spiro atoms. The van der Waals surface area contributed by atoms with Crippen LogP contribution in [0.25, 0.3) is 0 Å². The molecule has 0 atom stereocenters. The highest BCUT2D eigenvalue weighted by atomic mass is 16.5. The van der Waals surface area contributed by atoms with Gasteiger partial charge in [0.25, 0.3) is 0 Å². The second kappa shape index (κ2) is 6.36. The van der Waals surface area contributed by atoms with Gasteiger partial charge in [0, 0.05) is 38.8 Å². The number of rotatable bonds is 5. The van der Waals surface area contributed by atoms with E-state index in [1.54, 1.807) is 0 Å². The largest absolute Gasteiger partial charge is 0.381 e. The molecule has 3 nitrogen and oxygen atoms in total. The summed E-state index contributed by atoms with van der Waals surface area (Å²) in [5.74, 6) is 0. The van der Waals surface area contributed by atoms with Crippen LogP contribution in [-0.4, -0.2) is 49.8 Å². The van der Waals surface area contributed by atoms with Crippen molar-refractivity contribution in [2.24, 2.45) is 5.41 Å². The number of methoxy groups -OCH3 is 1. The van der Waals surface area contributed by atoms with Gasteiger partial charge in [-0.15, -0.1) is 0 Å². The zero-order valence-electron chi connectivity index (χ0n) is 13.2. The first-order valence-corrected chi connectivity index (χ1v) is 7.22. The molecule has 1 aliphatic heterocycles. The molecule has 18 heavy (non-hydrogen) atoms.